The molecule has 0 fully saturated rings. The molecule has 0 aliphatic heterocycles. The van der Waals surface area contributed by atoms with Gasteiger partial charge in [0.25, 0.3) is 0 Å². The monoisotopic (exact) mass is 223 g/mol. The number of carbonyl (C=O) groups is 1. The van der Waals surface area contributed by atoms with E-state index < -0.39 is 5.82 Å². The maximum Gasteiger partial charge on any atom is 0.248 e. The Kier molecular flexibility index (Phi) is 4.51. The fraction of sp³-hybridized carbons (Fsp3) is 0.250. The van der Waals surface area contributed by atoms with Gasteiger partial charge >= 0.3 is 0 Å². The highest BCUT2D eigenvalue weighted by Crippen LogP contribution is 2.20. The molecule has 1 aromatic carbocycles. The van der Waals surface area contributed by atoms with Crippen LogP contribution in [0.5, 0.6) is 5.75 Å². The van der Waals surface area contributed by atoms with Gasteiger partial charge in [0, 0.05) is 11.8 Å². The Labute approximate surface area is 93.9 Å². The van der Waals surface area contributed by atoms with E-state index in [0.29, 0.717) is 12.3 Å². The molecule has 1 aromatic rings. The van der Waals surface area contributed by atoms with Crippen LogP contribution in [0.15, 0.2) is 30.4 Å². The van der Waals surface area contributed by atoms with Crippen molar-refractivity contribution in [1.29, 1.82) is 0 Å². The summed E-state index contributed by atoms with van der Waals surface area (Å²) in [5.74, 6) is -0.585. The highest BCUT2D eigenvalue weighted by Gasteiger charge is 2.05. The topological polar surface area (TPSA) is 38.3 Å². The molecule has 1 amide bonds. The summed E-state index contributed by atoms with van der Waals surface area (Å²) in [6.07, 6.45) is 2.98. The van der Waals surface area contributed by atoms with Gasteiger partial charge in [-0.1, -0.05) is 6.08 Å². The summed E-state index contributed by atoms with van der Waals surface area (Å²) < 4.78 is 18.4. The third-order valence-electron chi connectivity index (χ3n) is 1.82. The zero-order chi connectivity index (χ0) is 12.0. The number of ether oxygens (including phenoxy) is 1. The molecule has 86 valence electrons. The van der Waals surface area contributed by atoms with Crippen molar-refractivity contribution >= 4 is 11.6 Å². The summed E-state index contributed by atoms with van der Waals surface area (Å²) in [5.41, 5.74) is 0.407. The van der Waals surface area contributed by atoms with Crippen LogP contribution in [0.2, 0.25) is 0 Å². The highest BCUT2D eigenvalue weighted by atomic mass is 19.1. The van der Waals surface area contributed by atoms with Crippen molar-refractivity contribution in [2.75, 3.05) is 11.9 Å². The molecule has 0 heterocycles. The summed E-state index contributed by atoms with van der Waals surface area (Å²) in [5, 5.41) is 2.53. The molecule has 0 saturated carbocycles. The van der Waals surface area contributed by atoms with Gasteiger partial charge in [-0.2, -0.15) is 0 Å². The Morgan fingerprint density at radius 3 is 2.88 bits per heavy atom. The van der Waals surface area contributed by atoms with Crippen LogP contribution in [-0.4, -0.2) is 12.5 Å². The Morgan fingerprint density at radius 2 is 2.31 bits per heavy atom. The molecule has 0 saturated heterocycles. The van der Waals surface area contributed by atoms with Crippen molar-refractivity contribution in [2.45, 2.75) is 13.8 Å². The summed E-state index contributed by atoms with van der Waals surface area (Å²) in [4.78, 5) is 11.2. The summed E-state index contributed by atoms with van der Waals surface area (Å²) in [7, 11) is 0. The number of anilines is 1. The molecule has 0 unspecified atom stereocenters. The molecule has 16 heavy (non-hydrogen) atoms. The van der Waals surface area contributed by atoms with Gasteiger partial charge in [0.15, 0.2) is 11.6 Å². The van der Waals surface area contributed by atoms with Crippen molar-refractivity contribution in [1.82, 2.24) is 0 Å². The highest BCUT2D eigenvalue weighted by molar-refractivity contribution is 5.99. The van der Waals surface area contributed by atoms with E-state index in [1.54, 1.807) is 26.0 Å². The lowest BCUT2D eigenvalue weighted by atomic mass is 10.3. The van der Waals surface area contributed by atoms with E-state index in [1.807, 2.05) is 0 Å². The van der Waals surface area contributed by atoms with Gasteiger partial charge in [-0.25, -0.2) is 4.39 Å². The second-order valence-corrected chi connectivity index (χ2v) is 3.07. The number of nitrogens with one attached hydrogen (secondary N) is 1. The van der Waals surface area contributed by atoms with Gasteiger partial charge in [0.1, 0.15) is 0 Å². The fourth-order valence-corrected chi connectivity index (χ4v) is 1.19. The summed E-state index contributed by atoms with van der Waals surface area (Å²) in [6.45, 7) is 3.92. The van der Waals surface area contributed by atoms with Crippen LogP contribution in [0, 0.1) is 5.82 Å². The minimum atomic E-state index is -0.486. The van der Waals surface area contributed by atoms with Gasteiger partial charge in [-0.3, -0.25) is 4.79 Å². The van der Waals surface area contributed by atoms with Crippen LogP contribution >= 0.6 is 0 Å². The average Bonchev–Trinajstić information content (AvgIpc) is 2.22. The molecule has 0 aromatic heterocycles. The molecule has 1 N–H and O–H groups in total. The van der Waals surface area contributed by atoms with Crippen LogP contribution in [0.4, 0.5) is 10.1 Å². The first-order chi connectivity index (χ1) is 7.67. The Bertz CT molecular complexity index is 402. The number of carbonyl (C=O) groups excluding carboxylic acids is 1. The lowest BCUT2D eigenvalue weighted by Crippen LogP contribution is -2.08. The number of amides is 1. The molecule has 0 aliphatic carbocycles. The Balaban J connectivity index is 2.77. The zero-order valence-corrected chi connectivity index (χ0v) is 9.29. The lowest BCUT2D eigenvalue weighted by molar-refractivity contribution is -0.111. The summed E-state index contributed by atoms with van der Waals surface area (Å²) >= 11 is 0. The van der Waals surface area contributed by atoms with Crippen molar-refractivity contribution in [2.24, 2.45) is 0 Å². The third kappa shape index (κ3) is 3.38. The predicted molar refractivity (Wildman–Crippen MR) is 61.0 cm³/mol. The largest absolute Gasteiger partial charge is 0.491 e. The second-order valence-electron chi connectivity index (χ2n) is 3.07. The van der Waals surface area contributed by atoms with Crippen LogP contribution in [0.25, 0.3) is 0 Å². The van der Waals surface area contributed by atoms with E-state index in [9.17, 15) is 9.18 Å². The van der Waals surface area contributed by atoms with Crippen LogP contribution in [0.3, 0.4) is 0 Å². The van der Waals surface area contributed by atoms with E-state index in [0.717, 1.165) is 0 Å². The van der Waals surface area contributed by atoms with Gasteiger partial charge in [0.2, 0.25) is 5.91 Å². The standard InChI is InChI=1S/C12H14FNO2/c1-3-5-12(15)14-9-6-7-11(16-4-2)10(13)8-9/h3,5-8H,4H2,1-2H3,(H,14,15)/b5-3+. The van der Waals surface area contributed by atoms with Gasteiger partial charge in [-0.15, -0.1) is 0 Å². The molecule has 3 nitrogen and oxygen atoms in total. The average molecular weight is 223 g/mol. The van der Waals surface area contributed by atoms with E-state index in [-0.39, 0.29) is 11.7 Å². The van der Waals surface area contributed by atoms with E-state index in [4.69, 9.17) is 4.74 Å². The molecule has 0 atom stereocenters. The van der Waals surface area contributed by atoms with Gasteiger partial charge < -0.3 is 10.1 Å². The minimum absolute atomic E-state index is 0.187. The van der Waals surface area contributed by atoms with E-state index in [2.05, 4.69) is 5.32 Å². The smallest absolute Gasteiger partial charge is 0.248 e. The van der Waals surface area contributed by atoms with E-state index >= 15 is 0 Å². The van der Waals surface area contributed by atoms with Gasteiger partial charge in [-0.05, 0) is 32.1 Å². The molecular formula is C12H14FNO2. The maximum absolute atomic E-state index is 13.4. The molecule has 0 spiro atoms. The quantitative estimate of drug-likeness (QED) is 0.797. The van der Waals surface area contributed by atoms with E-state index in [1.165, 1.54) is 18.2 Å². The molecule has 0 bridgehead atoms. The molecular weight excluding hydrogens is 209 g/mol. The zero-order valence-electron chi connectivity index (χ0n) is 9.29. The van der Waals surface area contributed by atoms with Crippen molar-refractivity contribution in [3.05, 3.63) is 36.2 Å². The summed E-state index contributed by atoms with van der Waals surface area (Å²) in [6, 6.07) is 4.31. The third-order valence-corrected chi connectivity index (χ3v) is 1.82. The second kappa shape index (κ2) is 5.90. The van der Waals surface area contributed by atoms with Gasteiger partial charge in [0.05, 0.1) is 6.61 Å². The molecule has 0 radical (unpaired) electrons. The number of halogens is 1. The van der Waals surface area contributed by atoms with Crippen molar-refractivity contribution in [3.63, 3.8) is 0 Å². The minimum Gasteiger partial charge on any atom is -0.491 e. The number of hydrogen-bond donors (Lipinski definition) is 1. The Hall–Kier alpha value is -1.84. The van der Waals surface area contributed by atoms with Crippen molar-refractivity contribution < 1.29 is 13.9 Å². The number of hydrogen-bond acceptors (Lipinski definition) is 2. The first kappa shape index (κ1) is 12.2. The normalized spacial score (nSPS) is 10.4. The van der Waals surface area contributed by atoms with Crippen LogP contribution in [0.1, 0.15) is 13.8 Å². The number of benzene rings is 1. The number of rotatable bonds is 4. The first-order valence-electron chi connectivity index (χ1n) is 5.03. The maximum atomic E-state index is 13.4. The molecule has 1 rings (SSSR count). The fourth-order valence-electron chi connectivity index (χ4n) is 1.19. The SMILES string of the molecule is C/C=C/C(=O)Nc1ccc(OCC)c(F)c1. The lowest BCUT2D eigenvalue weighted by Gasteiger charge is -2.06. The first-order valence-corrected chi connectivity index (χ1v) is 5.03. The van der Waals surface area contributed by atoms with Crippen LogP contribution in [-0.2, 0) is 4.79 Å². The Morgan fingerprint density at radius 1 is 1.56 bits per heavy atom. The molecule has 4 heteroatoms. The molecule has 0 aliphatic rings. The van der Waals surface area contributed by atoms with Crippen molar-refractivity contribution in [3.8, 4) is 5.75 Å². The predicted octanol–water partition coefficient (Wildman–Crippen LogP) is 2.74. The number of allylic oxidation sites excluding steroid dienone is 1. The van der Waals surface area contributed by atoms with Crippen LogP contribution < -0.4 is 10.1 Å².